The van der Waals surface area contributed by atoms with E-state index < -0.39 is 24.0 Å². The van der Waals surface area contributed by atoms with Gasteiger partial charge < -0.3 is 38.1 Å². The predicted octanol–water partition coefficient (Wildman–Crippen LogP) is 9.20. The lowest BCUT2D eigenvalue weighted by Gasteiger charge is -2.40. The van der Waals surface area contributed by atoms with Crippen LogP contribution in [0.25, 0.3) is 0 Å². The van der Waals surface area contributed by atoms with Crippen LogP contribution in [0.4, 0.5) is 0 Å². The predicted molar refractivity (Wildman–Crippen MR) is 217 cm³/mol. The summed E-state index contributed by atoms with van der Waals surface area (Å²) in [4.78, 5) is 31.4. The maximum atomic E-state index is 15.1. The first-order valence-corrected chi connectivity index (χ1v) is 19.9. The third-order valence-corrected chi connectivity index (χ3v) is 10.9. The van der Waals surface area contributed by atoms with Gasteiger partial charge >= 0.3 is 5.97 Å². The summed E-state index contributed by atoms with van der Waals surface area (Å²) >= 11 is 0. The van der Waals surface area contributed by atoms with Gasteiger partial charge in [0.05, 0.1) is 41.0 Å². The monoisotopic (exact) mass is 769 g/mol. The molecule has 56 heavy (non-hydrogen) atoms. The highest BCUT2D eigenvalue weighted by molar-refractivity contribution is 5.89. The lowest BCUT2D eigenvalue weighted by atomic mass is 9.75. The second kappa shape index (κ2) is 21.3. The first-order chi connectivity index (χ1) is 27.3. The van der Waals surface area contributed by atoms with Crippen molar-refractivity contribution in [2.45, 2.75) is 88.7 Å². The molecule has 3 atom stereocenters. The lowest BCUT2D eigenvalue weighted by molar-refractivity contribution is -0.163. The highest BCUT2D eigenvalue weighted by Gasteiger charge is 2.41. The number of hydrogen-bond donors (Lipinski definition) is 0. The van der Waals surface area contributed by atoms with Crippen LogP contribution < -0.4 is 28.4 Å². The molecule has 302 valence electrons. The molecule has 0 bridgehead atoms. The zero-order chi connectivity index (χ0) is 39.9. The largest absolute Gasteiger partial charge is 0.493 e. The zero-order valence-electron chi connectivity index (χ0n) is 33.6. The van der Waals surface area contributed by atoms with Crippen LogP contribution >= 0.6 is 0 Å². The van der Waals surface area contributed by atoms with Crippen LogP contribution in [0.2, 0.25) is 0 Å². The van der Waals surface area contributed by atoms with Crippen LogP contribution in [-0.2, 0) is 20.7 Å². The van der Waals surface area contributed by atoms with Crippen molar-refractivity contribution in [1.29, 1.82) is 0 Å². The Balaban J connectivity index is 1.45. The van der Waals surface area contributed by atoms with Gasteiger partial charge in [0.2, 0.25) is 11.7 Å². The molecule has 2 aliphatic rings. The van der Waals surface area contributed by atoms with Crippen LogP contribution in [0.15, 0.2) is 79.9 Å². The topological polar surface area (TPSA) is 102 Å². The standard InChI is InChI=1S/C46H59NO9/c1-7-9-27-55-44-41(52-5)30-35(31-42(44)53-6)43(33-16-11-10-12-17-33)45(48)47-25-14-13-20-37(47)46(49)56-38(34-18-15-19-36(29-34)54-26-8-2)23-21-32-22-24-39(50-3)40(28-32)51-4/h7-8,15,18-19,22,24,28-31,33,37-38,43H,1-2,9-14,16-17,20-21,23,25-27H2,3-6H3/t37?,38?,43-/m0/s1. The van der Waals surface area contributed by atoms with Gasteiger partial charge in [0.15, 0.2) is 23.0 Å². The fraction of sp³-hybridized carbons (Fsp3) is 0.478. The van der Waals surface area contributed by atoms with Crippen LogP contribution in [0.1, 0.15) is 92.9 Å². The van der Waals surface area contributed by atoms with Gasteiger partial charge in [0.1, 0.15) is 24.5 Å². The number of likely N-dealkylation sites (tertiary alicyclic amines) is 1. The average molecular weight is 770 g/mol. The molecule has 3 aromatic carbocycles. The van der Waals surface area contributed by atoms with Gasteiger partial charge in [-0.2, -0.15) is 0 Å². The molecule has 0 radical (unpaired) electrons. The Morgan fingerprint density at radius 3 is 2.16 bits per heavy atom. The molecule has 1 aliphatic heterocycles. The summed E-state index contributed by atoms with van der Waals surface area (Å²) in [5, 5.41) is 0. The van der Waals surface area contributed by atoms with E-state index in [9.17, 15) is 4.79 Å². The summed E-state index contributed by atoms with van der Waals surface area (Å²) in [6.07, 6.45) is 11.9. The van der Waals surface area contributed by atoms with E-state index in [2.05, 4.69) is 13.2 Å². The molecule has 5 rings (SSSR count). The molecule has 1 saturated heterocycles. The van der Waals surface area contributed by atoms with Gasteiger partial charge in [-0.1, -0.05) is 56.2 Å². The Bertz CT molecular complexity index is 1740. The zero-order valence-corrected chi connectivity index (χ0v) is 33.6. The number of rotatable bonds is 20. The SMILES string of the molecule is C=CCCOc1c(OC)cc([C@@H](C(=O)N2CCCCC2C(=O)OC(CCc2ccc(OC)c(OC)c2)c2cccc(OCC=C)c2)C2CCCCC2)cc1OC. The van der Waals surface area contributed by atoms with E-state index in [1.807, 2.05) is 54.6 Å². The third-order valence-electron chi connectivity index (χ3n) is 10.9. The molecule has 2 fully saturated rings. The molecule has 1 heterocycles. The quantitative estimate of drug-likeness (QED) is 0.0633. The molecule has 0 spiro atoms. The van der Waals surface area contributed by atoms with Crippen molar-refractivity contribution >= 4 is 11.9 Å². The van der Waals surface area contributed by atoms with Crippen molar-refractivity contribution in [3.63, 3.8) is 0 Å². The van der Waals surface area contributed by atoms with Crippen molar-refractivity contribution < 1.29 is 42.7 Å². The summed E-state index contributed by atoms with van der Waals surface area (Å²) in [7, 11) is 6.40. The Hall–Kier alpha value is -5.12. The maximum Gasteiger partial charge on any atom is 0.329 e. The van der Waals surface area contributed by atoms with E-state index in [4.69, 9.17) is 33.2 Å². The Morgan fingerprint density at radius 1 is 0.768 bits per heavy atom. The highest BCUT2D eigenvalue weighted by Crippen LogP contribution is 2.45. The van der Waals surface area contributed by atoms with E-state index in [0.717, 1.165) is 61.6 Å². The summed E-state index contributed by atoms with van der Waals surface area (Å²) < 4.78 is 41.0. The lowest BCUT2D eigenvalue weighted by Crippen LogP contribution is -2.51. The van der Waals surface area contributed by atoms with Gasteiger partial charge in [0, 0.05) is 6.54 Å². The average Bonchev–Trinajstić information content (AvgIpc) is 3.24. The number of benzene rings is 3. The van der Waals surface area contributed by atoms with Gasteiger partial charge in [-0.3, -0.25) is 4.79 Å². The van der Waals surface area contributed by atoms with Gasteiger partial charge in [-0.25, -0.2) is 4.79 Å². The van der Waals surface area contributed by atoms with Crippen molar-refractivity contribution in [3.05, 3.63) is 96.6 Å². The molecule has 10 nitrogen and oxygen atoms in total. The first kappa shape index (κ1) is 42.0. The van der Waals surface area contributed by atoms with Crippen molar-refractivity contribution in [3.8, 4) is 34.5 Å². The first-order valence-electron chi connectivity index (χ1n) is 19.9. The molecular weight excluding hydrogens is 711 g/mol. The molecule has 10 heteroatoms. The molecule has 2 unspecified atom stereocenters. The number of methoxy groups -OCH3 is 4. The maximum absolute atomic E-state index is 15.1. The number of nitrogens with zero attached hydrogens (tertiary/aromatic N) is 1. The minimum atomic E-state index is -0.726. The number of piperidine rings is 1. The number of amides is 1. The van der Waals surface area contributed by atoms with Crippen LogP contribution in [0, 0.1) is 5.92 Å². The van der Waals surface area contributed by atoms with E-state index >= 15 is 4.79 Å². The Kier molecular flexibility index (Phi) is 16.0. The van der Waals surface area contributed by atoms with Gasteiger partial charge in [-0.15, -0.1) is 6.58 Å². The van der Waals surface area contributed by atoms with E-state index in [-0.39, 0.29) is 11.8 Å². The molecular formula is C46H59NO9. The second-order valence-corrected chi connectivity index (χ2v) is 14.4. The summed E-state index contributed by atoms with van der Waals surface area (Å²) in [6.45, 7) is 8.80. The molecule has 0 N–H and O–H groups in total. The number of carbonyl (C=O) groups excluding carboxylic acids is 2. The highest BCUT2D eigenvalue weighted by atomic mass is 16.5. The Morgan fingerprint density at radius 2 is 1.48 bits per heavy atom. The minimum Gasteiger partial charge on any atom is -0.493 e. The van der Waals surface area contributed by atoms with Gasteiger partial charge in [-0.05, 0) is 110 Å². The summed E-state index contributed by atoms with van der Waals surface area (Å²) in [6, 6.07) is 16.5. The van der Waals surface area contributed by atoms with Crippen molar-refractivity contribution in [1.82, 2.24) is 4.90 Å². The fourth-order valence-electron chi connectivity index (χ4n) is 7.98. The van der Waals surface area contributed by atoms with E-state index in [1.54, 1.807) is 45.5 Å². The number of aryl methyl sites for hydroxylation is 1. The molecule has 1 saturated carbocycles. The van der Waals surface area contributed by atoms with Crippen LogP contribution in [0.3, 0.4) is 0 Å². The third kappa shape index (κ3) is 10.6. The second-order valence-electron chi connectivity index (χ2n) is 14.4. The molecule has 3 aromatic rings. The Labute approximate surface area is 332 Å². The van der Waals surface area contributed by atoms with Crippen molar-refractivity contribution in [2.75, 3.05) is 48.2 Å². The number of carbonyl (C=O) groups is 2. The van der Waals surface area contributed by atoms with Crippen molar-refractivity contribution in [2.24, 2.45) is 5.92 Å². The fourth-order valence-corrected chi connectivity index (χ4v) is 7.98. The summed E-state index contributed by atoms with van der Waals surface area (Å²) in [5.41, 5.74) is 2.62. The molecule has 1 amide bonds. The van der Waals surface area contributed by atoms with Gasteiger partial charge in [0.25, 0.3) is 0 Å². The van der Waals surface area contributed by atoms with Crippen LogP contribution in [-0.4, -0.2) is 71.0 Å². The minimum absolute atomic E-state index is 0.0651. The number of esters is 1. The molecule has 0 aromatic heterocycles. The number of hydrogen-bond acceptors (Lipinski definition) is 9. The smallest absolute Gasteiger partial charge is 0.329 e. The number of ether oxygens (including phenoxy) is 7. The molecule has 1 aliphatic carbocycles. The van der Waals surface area contributed by atoms with Crippen LogP contribution in [0.5, 0.6) is 34.5 Å². The normalized spacial score (nSPS) is 16.9. The van der Waals surface area contributed by atoms with E-state index in [0.29, 0.717) is 79.9 Å². The summed E-state index contributed by atoms with van der Waals surface area (Å²) in [5.74, 6) is 2.57. The van der Waals surface area contributed by atoms with E-state index in [1.165, 1.54) is 0 Å².